The van der Waals surface area contributed by atoms with Crippen LogP contribution in [0.4, 0.5) is 0 Å². The van der Waals surface area contributed by atoms with Gasteiger partial charge in [0.1, 0.15) is 36.3 Å². The van der Waals surface area contributed by atoms with E-state index < -0.39 is 108 Å². The first-order valence-corrected chi connectivity index (χ1v) is 22.7. The first kappa shape index (κ1) is 55.5. The fourth-order valence-electron chi connectivity index (χ4n) is 7.56. The number of amides is 8. The Morgan fingerprint density at radius 1 is 0.779 bits per heavy atom. The van der Waals surface area contributed by atoms with E-state index in [1.54, 1.807) is 6.20 Å². The topological polar surface area (TPSA) is 434 Å². The molecule has 68 heavy (non-hydrogen) atoms. The number of carboxylic acid groups (broad SMARTS) is 1. The molecule has 0 saturated carbocycles. The van der Waals surface area contributed by atoms with Gasteiger partial charge in [-0.15, -0.1) is 0 Å². The molecule has 1 saturated heterocycles. The summed E-state index contributed by atoms with van der Waals surface area (Å²) in [4.78, 5) is 127. The Balaban J connectivity index is 1.83. The van der Waals surface area contributed by atoms with Crippen LogP contribution in [0.1, 0.15) is 83.1 Å². The molecule has 0 spiro atoms. The number of hydrogen-bond donors (Lipinski definition) is 14. The number of para-hydroxylation sites is 1. The minimum atomic E-state index is -1.33. The Morgan fingerprint density at radius 2 is 1.37 bits per heavy atom. The van der Waals surface area contributed by atoms with Gasteiger partial charge in [-0.05, 0) is 95.9 Å². The van der Waals surface area contributed by atoms with E-state index in [9.17, 15) is 48.3 Å². The lowest BCUT2D eigenvalue weighted by molar-refractivity contribution is -0.144. The van der Waals surface area contributed by atoms with Gasteiger partial charge in [-0.25, -0.2) is 0 Å². The second-order valence-corrected chi connectivity index (χ2v) is 16.6. The first-order chi connectivity index (χ1) is 32.4. The molecule has 2 aromatic rings. The largest absolute Gasteiger partial charge is 0.480 e. The molecule has 20 N–H and O–H groups in total. The summed E-state index contributed by atoms with van der Waals surface area (Å²) in [6.07, 6.45) is 4.05. The number of hydrogen-bond acceptors (Lipinski definition) is 13. The van der Waals surface area contributed by atoms with Crippen LogP contribution in [0.5, 0.6) is 0 Å². The average Bonchev–Trinajstić information content (AvgIpc) is 3.95. The van der Waals surface area contributed by atoms with Crippen LogP contribution < -0.4 is 66.3 Å². The minimum Gasteiger partial charge on any atom is -0.480 e. The molecule has 25 nitrogen and oxygen atoms in total. The molecular weight excluding hydrogens is 887 g/mol. The molecule has 1 aromatic heterocycles. The molecule has 1 aromatic carbocycles. The van der Waals surface area contributed by atoms with Crippen molar-refractivity contribution in [2.75, 3.05) is 32.7 Å². The maximum Gasteiger partial charge on any atom is 0.325 e. The van der Waals surface area contributed by atoms with Gasteiger partial charge in [-0.2, -0.15) is 0 Å². The van der Waals surface area contributed by atoms with Gasteiger partial charge in [0.15, 0.2) is 5.96 Å². The summed E-state index contributed by atoms with van der Waals surface area (Å²) in [5.41, 5.74) is 34.8. The Morgan fingerprint density at radius 3 is 1.96 bits per heavy atom. The maximum atomic E-state index is 14.3. The average molecular weight is 956 g/mol. The highest BCUT2D eigenvalue weighted by Gasteiger charge is 2.39. The molecule has 0 bridgehead atoms. The normalized spacial score (nSPS) is 15.9. The number of aliphatic imine (C=N–C) groups is 1. The van der Waals surface area contributed by atoms with Crippen molar-refractivity contribution in [3.8, 4) is 0 Å². The third-order valence-electron chi connectivity index (χ3n) is 11.2. The van der Waals surface area contributed by atoms with Crippen LogP contribution in [0.15, 0.2) is 35.5 Å². The highest BCUT2D eigenvalue weighted by atomic mass is 16.4. The molecule has 2 heterocycles. The number of aromatic amines is 1. The number of carbonyl (C=O) groups is 9. The summed E-state index contributed by atoms with van der Waals surface area (Å²) in [5.74, 6) is -7.45. The van der Waals surface area contributed by atoms with Gasteiger partial charge < -0.3 is 81.3 Å². The lowest BCUT2D eigenvalue weighted by atomic mass is 10.0. The number of nitrogens with one attached hydrogen (secondary N) is 7. The summed E-state index contributed by atoms with van der Waals surface area (Å²) in [6.45, 7) is 1.47. The number of nitrogens with two attached hydrogens (primary N) is 6. The summed E-state index contributed by atoms with van der Waals surface area (Å²) < 4.78 is 0. The number of carbonyl (C=O) groups excluding carboxylic acids is 8. The summed E-state index contributed by atoms with van der Waals surface area (Å²) >= 11 is 0. The first-order valence-electron chi connectivity index (χ1n) is 22.7. The number of guanidine groups is 1. The predicted octanol–water partition coefficient (Wildman–Crippen LogP) is -4.14. The molecule has 376 valence electrons. The molecule has 1 aliphatic rings. The second-order valence-electron chi connectivity index (χ2n) is 16.6. The van der Waals surface area contributed by atoms with Crippen molar-refractivity contribution < 1.29 is 48.3 Å². The minimum absolute atomic E-state index is 0.0165. The third kappa shape index (κ3) is 18.1. The zero-order chi connectivity index (χ0) is 50.3. The highest BCUT2D eigenvalue weighted by molar-refractivity contribution is 5.97. The van der Waals surface area contributed by atoms with Gasteiger partial charge in [0.2, 0.25) is 47.3 Å². The van der Waals surface area contributed by atoms with E-state index in [2.05, 4.69) is 41.9 Å². The molecule has 0 aliphatic carbocycles. The standard InChI is InChI=1S/C43H69N15O10/c1-24(42(67)68)53-40(65)33-15-9-19-58(33)41(66)32(20-25-22-51-28-11-3-2-10-26(25)28)54-35(60)23-52-37(62)29(14-8-18-50-43(48)49)56-39(64)31(13-5-7-17-45)57-38(63)30(12-4-6-16-44)55-36(61)27(46)21-34(47)59/h2-3,10-11,22,24,27,29-33,51H,4-9,12-21,23,44-46H2,1H3,(H2,47,59)(H,52,62)(H,53,65)(H,54,60)(H,55,61)(H,56,64)(H,57,63)(H,67,68)(H4,48,49,50)/t24-,27-,29-,30-,31-,32-,33-/m0/s1. The number of primary amides is 1. The smallest absolute Gasteiger partial charge is 0.325 e. The number of carboxylic acids is 1. The van der Waals surface area contributed by atoms with Gasteiger partial charge in [0.25, 0.3) is 0 Å². The predicted molar refractivity (Wildman–Crippen MR) is 250 cm³/mol. The van der Waals surface area contributed by atoms with E-state index in [-0.39, 0.29) is 64.1 Å². The lowest BCUT2D eigenvalue weighted by Crippen LogP contribution is -2.58. The Hall–Kier alpha value is -6.86. The molecule has 1 fully saturated rings. The number of benzene rings is 1. The van der Waals surface area contributed by atoms with Crippen LogP contribution in [0.2, 0.25) is 0 Å². The third-order valence-corrected chi connectivity index (χ3v) is 11.2. The van der Waals surface area contributed by atoms with Crippen molar-refractivity contribution in [3.05, 3.63) is 36.0 Å². The molecule has 8 amide bonds. The van der Waals surface area contributed by atoms with Crippen LogP contribution in [-0.4, -0.2) is 149 Å². The molecule has 0 unspecified atom stereocenters. The van der Waals surface area contributed by atoms with Crippen molar-refractivity contribution in [2.24, 2.45) is 39.4 Å². The SMILES string of the molecule is C[C@H](NC(=O)[C@@H]1CCCN1C(=O)[C@H](Cc1c[nH]c2ccccc12)NC(=O)CNC(=O)[C@H](CCCN=C(N)N)NC(=O)[C@H](CCCCN)NC(=O)[C@H](CCCCN)NC(=O)[C@@H](N)CC(N)=O)C(=O)O. The number of aliphatic carboxylic acids is 1. The molecule has 25 heteroatoms. The number of likely N-dealkylation sites (tertiary alicyclic amines) is 1. The van der Waals surface area contributed by atoms with Crippen LogP contribution in [0, 0.1) is 0 Å². The summed E-state index contributed by atoms with van der Waals surface area (Å²) in [5, 5.41) is 25.6. The van der Waals surface area contributed by atoms with E-state index in [0.29, 0.717) is 44.2 Å². The van der Waals surface area contributed by atoms with E-state index in [0.717, 1.165) is 10.9 Å². The second kappa shape index (κ2) is 28.3. The zero-order valence-electron chi connectivity index (χ0n) is 38.4. The fourth-order valence-corrected chi connectivity index (χ4v) is 7.56. The lowest BCUT2D eigenvalue weighted by Gasteiger charge is -2.29. The van der Waals surface area contributed by atoms with E-state index in [1.165, 1.54) is 11.8 Å². The van der Waals surface area contributed by atoms with Crippen LogP contribution in [-0.2, 0) is 49.6 Å². The van der Waals surface area contributed by atoms with E-state index >= 15 is 0 Å². The Labute approximate surface area is 393 Å². The quantitative estimate of drug-likeness (QED) is 0.0201. The van der Waals surface area contributed by atoms with E-state index in [1.807, 2.05) is 24.3 Å². The number of fused-ring (bicyclic) bond motifs is 1. The van der Waals surface area contributed by atoms with Crippen molar-refractivity contribution in [3.63, 3.8) is 0 Å². The van der Waals surface area contributed by atoms with Crippen molar-refractivity contribution in [2.45, 2.75) is 126 Å². The summed E-state index contributed by atoms with van der Waals surface area (Å²) in [7, 11) is 0. The molecular formula is C43H69N15O10. The number of unbranched alkanes of at least 4 members (excludes halogenated alkanes) is 2. The van der Waals surface area contributed by atoms with Crippen molar-refractivity contribution in [1.29, 1.82) is 0 Å². The van der Waals surface area contributed by atoms with Gasteiger partial charge in [-0.3, -0.25) is 48.1 Å². The number of rotatable bonds is 30. The number of nitrogens with zero attached hydrogens (tertiary/aromatic N) is 2. The Bertz CT molecular complexity index is 2090. The van der Waals surface area contributed by atoms with Crippen molar-refractivity contribution >= 4 is 70.1 Å². The van der Waals surface area contributed by atoms with Gasteiger partial charge in [-0.1, -0.05) is 18.2 Å². The van der Waals surface area contributed by atoms with E-state index in [4.69, 9.17) is 34.4 Å². The van der Waals surface area contributed by atoms with Gasteiger partial charge in [0, 0.05) is 36.6 Å². The number of aromatic nitrogens is 1. The molecule has 0 radical (unpaired) electrons. The van der Waals surface area contributed by atoms with Crippen molar-refractivity contribution in [1.82, 2.24) is 41.8 Å². The monoisotopic (exact) mass is 956 g/mol. The maximum absolute atomic E-state index is 14.3. The molecule has 1 aliphatic heterocycles. The van der Waals surface area contributed by atoms with Crippen LogP contribution in [0.3, 0.4) is 0 Å². The molecule has 7 atom stereocenters. The summed E-state index contributed by atoms with van der Waals surface area (Å²) in [6, 6.07) is -1.18. The van der Waals surface area contributed by atoms with Crippen LogP contribution >= 0.6 is 0 Å². The molecule has 3 rings (SSSR count). The van der Waals surface area contributed by atoms with Crippen LogP contribution in [0.25, 0.3) is 10.9 Å². The number of H-pyrrole nitrogens is 1. The van der Waals surface area contributed by atoms with Gasteiger partial charge >= 0.3 is 5.97 Å². The highest BCUT2D eigenvalue weighted by Crippen LogP contribution is 2.23. The zero-order valence-corrected chi connectivity index (χ0v) is 38.4. The Kier molecular flexibility index (Phi) is 23.1. The fraction of sp³-hybridized carbons (Fsp3) is 0.581. The van der Waals surface area contributed by atoms with Gasteiger partial charge in [0.05, 0.1) is 19.0 Å².